The third kappa shape index (κ3) is 6.27. The Morgan fingerprint density at radius 3 is 2.50 bits per heavy atom. The van der Waals surface area contributed by atoms with Gasteiger partial charge in [-0.2, -0.15) is 0 Å². The van der Waals surface area contributed by atoms with Crippen molar-refractivity contribution in [3.8, 4) is 0 Å². The summed E-state index contributed by atoms with van der Waals surface area (Å²) in [5.74, 6) is 2.16. The topological polar surface area (TPSA) is 58.4 Å². The number of piperidine rings is 1. The van der Waals surface area contributed by atoms with Crippen LogP contribution in [0.1, 0.15) is 78.1 Å². The van der Waals surface area contributed by atoms with Crippen molar-refractivity contribution >= 4 is 6.03 Å². The number of rotatable bonds is 8. The van der Waals surface area contributed by atoms with Crippen LogP contribution in [0.5, 0.6) is 0 Å². The van der Waals surface area contributed by atoms with Crippen molar-refractivity contribution in [2.24, 2.45) is 23.5 Å². The molecule has 2 rings (SSSR count). The lowest BCUT2D eigenvalue weighted by molar-refractivity contribution is 0.107. The number of nitrogens with one attached hydrogen (secondary N) is 1. The average Bonchev–Trinajstić information content (AvgIpc) is 2.58. The SMILES string of the molecule is CC(C)CCNC[C@H](CC1CCCCC1)C1CCCCN1C(N)=O. The van der Waals surface area contributed by atoms with Gasteiger partial charge in [-0.25, -0.2) is 4.79 Å². The number of urea groups is 1. The van der Waals surface area contributed by atoms with E-state index in [-0.39, 0.29) is 6.03 Å². The van der Waals surface area contributed by atoms with Crippen LogP contribution in [0.15, 0.2) is 0 Å². The maximum absolute atomic E-state index is 11.9. The molecule has 1 saturated carbocycles. The second-order valence-corrected chi connectivity index (χ2v) is 8.48. The number of carbonyl (C=O) groups excluding carboxylic acids is 1. The summed E-state index contributed by atoms with van der Waals surface area (Å²) < 4.78 is 0. The lowest BCUT2D eigenvalue weighted by Gasteiger charge is -2.41. The van der Waals surface area contributed by atoms with Crippen molar-refractivity contribution in [2.45, 2.75) is 84.1 Å². The van der Waals surface area contributed by atoms with Crippen molar-refractivity contribution < 1.29 is 4.79 Å². The van der Waals surface area contributed by atoms with Gasteiger partial charge in [0.25, 0.3) is 0 Å². The monoisotopic (exact) mass is 337 g/mol. The van der Waals surface area contributed by atoms with Crippen molar-refractivity contribution in [2.75, 3.05) is 19.6 Å². The largest absolute Gasteiger partial charge is 0.351 e. The highest BCUT2D eigenvalue weighted by Crippen LogP contribution is 2.33. The summed E-state index contributed by atoms with van der Waals surface area (Å²) in [6.07, 6.45) is 12.9. The smallest absolute Gasteiger partial charge is 0.315 e. The van der Waals surface area contributed by atoms with E-state index in [0.29, 0.717) is 12.0 Å². The predicted molar refractivity (Wildman–Crippen MR) is 101 cm³/mol. The molecule has 1 unspecified atom stereocenters. The first-order chi connectivity index (χ1) is 11.6. The second kappa shape index (κ2) is 10.3. The summed E-state index contributed by atoms with van der Waals surface area (Å²) in [5.41, 5.74) is 5.69. The van der Waals surface area contributed by atoms with Gasteiger partial charge >= 0.3 is 6.03 Å². The molecule has 3 N–H and O–H groups in total. The Bertz CT molecular complexity index is 366. The zero-order chi connectivity index (χ0) is 17.4. The van der Waals surface area contributed by atoms with Crippen molar-refractivity contribution in [3.63, 3.8) is 0 Å². The third-order valence-corrected chi connectivity index (χ3v) is 6.04. The fourth-order valence-electron chi connectivity index (χ4n) is 4.63. The summed E-state index contributed by atoms with van der Waals surface area (Å²) in [6, 6.07) is 0.139. The number of carbonyl (C=O) groups is 1. The molecule has 1 aliphatic heterocycles. The van der Waals surface area contributed by atoms with Crippen LogP contribution in [0.25, 0.3) is 0 Å². The predicted octanol–water partition coefficient (Wildman–Crippen LogP) is 4.14. The summed E-state index contributed by atoms with van der Waals surface area (Å²) in [5, 5.41) is 3.68. The molecule has 4 nitrogen and oxygen atoms in total. The van der Waals surface area contributed by atoms with Gasteiger partial charge in [0, 0.05) is 12.6 Å². The van der Waals surface area contributed by atoms with E-state index in [1.807, 2.05) is 4.90 Å². The van der Waals surface area contributed by atoms with Crippen LogP contribution in [0.2, 0.25) is 0 Å². The van der Waals surface area contributed by atoms with E-state index in [1.54, 1.807) is 0 Å². The van der Waals surface area contributed by atoms with Crippen molar-refractivity contribution in [1.82, 2.24) is 10.2 Å². The highest BCUT2D eigenvalue weighted by molar-refractivity contribution is 5.72. The molecule has 0 spiro atoms. The van der Waals surface area contributed by atoms with Crippen LogP contribution >= 0.6 is 0 Å². The van der Waals surface area contributed by atoms with Crippen LogP contribution in [-0.4, -0.2) is 36.6 Å². The van der Waals surface area contributed by atoms with Gasteiger partial charge in [-0.05, 0) is 62.9 Å². The van der Waals surface area contributed by atoms with Crippen LogP contribution in [0.4, 0.5) is 4.79 Å². The van der Waals surface area contributed by atoms with Crippen LogP contribution in [0, 0.1) is 17.8 Å². The van der Waals surface area contributed by atoms with Crippen molar-refractivity contribution in [3.05, 3.63) is 0 Å². The van der Waals surface area contributed by atoms with Crippen molar-refractivity contribution in [1.29, 1.82) is 0 Å². The van der Waals surface area contributed by atoms with Crippen LogP contribution in [-0.2, 0) is 0 Å². The van der Waals surface area contributed by atoms with E-state index in [1.165, 1.54) is 51.4 Å². The molecule has 0 radical (unpaired) electrons. The van der Waals surface area contributed by atoms with Crippen LogP contribution < -0.4 is 11.1 Å². The van der Waals surface area contributed by atoms with Gasteiger partial charge in [0.05, 0.1) is 0 Å². The number of likely N-dealkylation sites (tertiary alicyclic amines) is 1. The van der Waals surface area contributed by atoms with E-state index < -0.39 is 0 Å². The first-order valence-corrected chi connectivity index (χ1v) is 10.3. The molecule has 1 heterocycles. The first-order valence-electron chi connectivity index (χ1n) is 10.3. The number of amides is 2. The van der Waals surface area contributed by atoms with Gasteiger partial charge in [0.15, 0.2) is 0 Å². The van der Waals surface area contributed by atoms with E-state index in [9.17, 15) is 4.79 Å². The molecule has 0 aromatic rings. The Morgan fingerprint density at radius 1 is 1.12 bits per heavy atom. The molecule has 24 heavy (non-hydrogen) atoms. The maximum atomic E-state index is 11.9. The Morgan fingerprint density at radius 2 is 1.83 bits per heavy atom. The molecule has 2 fully saturated rings. The molecule has 0 aromatic carbocycles. The minimum Gasteiger partial charge on any atom is -0.351 e. The Balaban J connectivity index is 1.95. The lowest BCUT2D eigenvalue weighted by Crippen LogP contribution is -2.52. The third-order valence-electron chi connectivity index (χ3n) is 6.04. The van der Waals surface area contributed by atoms with Gasteiger partial charge in [-0.1, -0.05) is 46.0 Å². The Labute approximate surface area is 148 Å². The molecule has 4 heteroatoms. The highest BCUT2D eigenvalue weighted by atomic mass is 16.2. The number of hydrogen-bond donors (Lipinski definition) is 2. The molecule has 0 bridgehead atoms. The highest BCUT2D eigenvalue weighted by Gasteiger charge is 2.33. The normalized spacial score (nSPS) is 24.3. The molecule has 0 aromatic heterocycles. The average molecular weight is 338 g/mol. The standard InChI is InChI=1S/C20H39N3O/c1-16(2)11-12-22-15-18(14-17-8-4-3-5-9-17)19-10-6-7-13-23(19)20(21)24/h16-19,22H,3-15H2,1-2H3,(H2,21,24)/t18-,19?/m0/s1. The van der Waals surface area contributed by atoms with Gasteiger partial charge in [-0.15, -0.1) is 0 Å². The van der Waals surface area contributed by atoms with Gasteiger partial charge in [0.1, 0.15) is 0 Å². The molecule has 140 valence electrons. The zero-order valence-corrected chi connectivity index (χ0v) is 15.9. The number of hydrogen-bond acceptors (Lipinski definition) is 2. The zero-order valence-electron chi connectivity index (χ0n) is 15.9. The van der Waals surface area contributed by atoms with E-state index in [4.69, 9.17) is 5.73 Å². The fourth-order valence-corrected chi connectivity index (χ4v) is 4.63. The quantitative estimate of drug-likeness (QED) is 0.654. The van der Waals surface area contributed by atoms with E-state index in [2.05, 4.69) is 19.2 Å². The molecule has 1 saturated heterocycles. The molecule has 2 atom stereocenters. The lowest BCUT2D eigenvalue weighted by atomic mass is 9.78. The minimum atomic E-state index is -0.212. The summed E-state index contributed by atoms with van der Waals surface area (Å²) in [6.45, 7) is 7.53. The molecular formula is C20H39N3O. The Kier molecular flexibility index (Phi) is 8.37. The minimum absolute atomic E-state index is 0.212. The number of nitrogens with zero attached hydrogens (tertiary/aromatic N) is 1. The second-order valence-electron chi connectivity index (χ2n) is 8.48. The first kappa shape index (κ1) is 19.6. The van der Waals surface area contributed by atoms with Gasteiger partial charge in [-0.3, -0.25) is 0 Å². The molecular weight excluding hydrogens is 298 g/mol. The summed E-state index contributed by atoms with van der Waals surface area (Å²) in [7, 11) is 0. The molecule has 1 aliphatic carbocycles. The maximum Gasteiger partial charge on any atom is 0.315 e. The van der Waals surface area contributed by atoms with E-state index >= 15 is 0 Å². The van der Waals surface area contributed by atoms with E-state index in [0.717, 1.165) is 44.3 Å². The van der Waals surface area contributed by atoms with Gasteiger partial charge in [0.2, 0.25) is 0 Å². The Hall–Kier alpha value is -0.770. The number of primary amides is 1. The fraction of sp³-hybridized carbons (Fsp3) is 0.950. The summed E-state index contributed by atoms with van der Waals surface area (Å²) >= 11 is 0. The number of nitrogens with two attached hydrogens (primary N) is 1. The van der Waals surface area contributed by atoms with Gasteiger partial charge < -0.3 is 16.0 Å². The summed E-state index contributed by atoms with van der Waals surface area (Å²) in [4.78, 5) is 13.9. The molecule has 2 amide bonds. The van der Waals surface area contributed by atoms with Crippen LogP contribution in [0.3, 0.4) is 0 Å². The molecule has 2 aliphatic rings.